The third kappa shape index (κ3) is 2.10. The minimum Gasteiger partial charge on any atom is -0.319 e. The molecule has 0 spiro atoms. The second-order valence-corrected chi connectivity index (χ2v) is 6.19. The van der Waals surface area contributed by atoms with Crippen molar-refractivity contribution >= 4 is 23.6 Å². The first kappa shape index (κ1) is 13.6. The smallest absolute Gasteiger partial charge is 0.289 e. The molecule has 2 saturated heterocycles. The van der Waals surface area contributed by atoms with Gasteiger partial charge in [0.25, 0.3) is 5.91 Å². The normalized spacial score (nSPS) is 35.5. The molecule has 7 heteroatoms. The molecule has 3 atom stereocenters. The van der Waals surface area contributed by atoms with Crippen molar-refractivity contribution in [3.8, 4) is 0 Å². The van der Waals surface area contributed by atoms with Crippen LogP contribution < -0.4 is 16.2 Å². The Morgan fingerprint density at radius 3 is 3.06 bits per heavy atom. The molecule has 6 nitrogen and oxygen atoms in total. The van der Waals surface area contributed by atoms with Crippen molar-refractivity contribution in [2.45, 2.75) is 31.2 Å². The lowest BCUT2D eigenvalue weighted by molar-refractivity contribution is -0.949. The number of carbonyl (C=O) groups is 2. The molecule has 2 fully saturated rings. The van der Waals surface area contributed by atoms with Gasteiger partial charge in [-0.05, 0) is 6.92 Å². The predicted octanol–water partition coefficient (Wildman–Crippen LogP) is -2.05. The number of amides is 2. The fraction of sp³-hybridized carbons (Fsp3) is 0.818. The van der Waals surface area contributed by atoms with E-state index in [1.165, 1.54) is 4.90 Å². The van der Waals surface area contributed by atoms with Crippen molar-refractivity contribution in [2.75, 3.05) is 25.4 Å². The van der Waals surface area contributed by atoms with Gasteiger partial charge in [0.15, 0.2) is 6.54 Å². The summed E-state index contributed by atoms with van der Waals surface area (Å²) in [6, 6.07) is 0. The van der Waals surface area contributed by atoms with Gasteiger partial charge in [-0.2, -0.15) is 0 Å². The Kier molecular flexibility index (Phi) is 3.84. The first-order chi connectivity index (χ1) is 8.52. The van der Waals surface area contributed by atoms with Crippen molar-refractivity contribution < 1.29 is 14.5 Å². The molecule has 2 rings (SSSR count). The largest absolute Gasteiger partial charge is 0.319 e. The number of carbonyl (C=O) groups excluding carboxylic acids is 2. The molecule has 0 aliphatic carbocycles. The molecule has 0 bridgehead atoms. The van der Waals surface area contributed by atoms with E-state index in [4.69, 9.17) is 5.84 Å². The van der Waals surface area contributed by atoms with Crippen molar-refractivity contribution in [2.24, 2.45) is 5.84 Å². The molecule has 2 amide bonds. The zero-order valence-electron chi connectivity index (χ0n) is 10.9. The maximum atomic E-state index is 11.8. The number of nitrogens with two attached hydrogens (primary N) is 1. The van der Waals surface area contributed by atoms with Crippen LogP contribution in [0.4, 0.5) is 0 Å². The molecule has 0 saturated carbocycles. The molecule has 1 unspecified atom stereocenters. The molecule has 4 N–H and O–H groups in total. The zero-order valence-corrected chi connectivity index (χ0v) is 11.7. The van der Waals surface area contributed by atoms with Gasteiger partial charge in [0.1, 0.15) is 10.9 Å². The van der Waals surface area contributed by atoms with Crippen molar-refractivity contribution in [1.29, 1.82) is 0 Å². The van der Waals surface area contributed by atoms with Gasteiger partial charge >= 0.3 is 0 Å². The average molecular weight is 273 g/mol. The summed E-state index contributed by atoms with van der Waals surface area (Å²) < 4.78 is 0. The van der Waals surface area contributed by atoms with Crippen LogP contribution in [0.3, 0.4) is 0 Å². The average Bonchev–Trinajstić information content (AvgIpc) is 2.75. The number of hydrogen-bond acceptors (Lipinski definition) is 4. The fourth-order valence-corrected chi connectivity index (χ4v) is 4.47. The number of rotatable bonds is 3. The van der Waals surface area contributed by atoms with Gasteiger partial charge < -0.3 is 9.80 Å². The van der Waals surface area contributed by atoms with Gasteiger partial charge in [0.05, 0.1) is 18.8 Å². The molecule has 102 valence electrons. The second kappa shape index (κ2) is 5.07. The SMILES string of the molecule is CC[C@]1(C)[C@H]2SCC(=O)N2CC[NH+]1CC(=O)NN. The molecular formula is C11H21N4O2S+. The summed E-state index contributed by atoms with van der Waals surface area (Å²) in [4.78, 5) is 26.5. The topological polar surface area (TPSA) is 79.9 Å². The number of quaternary nitrogens is 1. The summed E-state index contributed by atoms with van der Waals surface area (Å²) in [5.41, 5.74) is 2.11. The molecule has 2 aliphatic heterocycles. The van der Waals surface area contributed by atoms with E-state index >= 15 is 0 Å². The van der Waals surface area contributed by atoms with Crippen LogP contribution in [0.1, 0.15) is 20.3 Å². The lowest BCUT2D eigenvalue weighted by Crippen LogP contribution is -3.24. The van der Waals surface area contributed by atoms with Gasteiger partial charge in [0, 0.05) is 6.42 Å². The minimum atomic E-state index is -0.146. The number of nitrogens with one attached hydrogen (secondary N) is 2. The highest BCUT2D eigenvalue weighted by atomic mass is 32.2. The van der Waals surface area contributed by atoms with Crippen LogP contribution >= 0.6 is 11.8 Å². The van der Waals surface area contributed by atoms with E-state index in [0.29, 0.717) is 12.3 Å². The highest BCUT2D eigenvalue weighted by molar-refractivity contribution is 8.01. The Balaban J connectivity index is 2.18. The van der Waals surface area contributed by atoms with E-state index in [1.807, 2.05) is 4.90 Å². The standard InChI is InChI=1S/C11H20N4O2S/c1-3-11(2)10-15(9(17)7-18-10)5-4-14(11)6-8(16)13-12/h10H,3-7,12H2,1-2H3,(H,13,16)/p+1/t10-,11-/m1/s1. The lowest BCUT2D eigenvalue weighted by atomic mass is 9.92. The summed E-state index contributed by atoms with van der Waals surface area (Å²) >= 11 is 1.70. The number of piperazine rings is 1. The number of fused-ring (bicyclic) bond motifs is 1. The van der Waals surface area contributed by atoms with Crippen molar-refractivity contribution in [1.82, 2.24) is 10.3 Å². The molecular weight excluding hydrogens is 252 g/mol. The number of nitrogens with zero attached hydrogens (tertiary/aromatic N) is 1. The maximum absolute atomic E-state index is 11.8. The molecule has 2 aliphatic rings. The summed E-state index contributed by atoms with van der Waals surface area (Å²) in [5, 5.41) is 0.185. The first-order valence-corrected chi connectivity index (χ1v) is 7.33. The summed E-state index contributed by atoms with van der Waals surface area (Å²) in [6.45, 7) is 6.20. The van der Waals surface area contributed by atoms with E-state index in [1.54, 1.807) is 11.8 Å². The van der Waals surface area contributed by atoms with Crippen molar-refractivity contribution in [3.63, 3.8) is 0 Å². The number of thioether (sulfide) groups is 1. The maximum Gasteiger partial charge on any atom is 0.289 e. The fourth-order valence-electron chi connectivity index (χ4n) is 2.90. The van der Waals surface area contributed by atoms with Gasteiger partial charge in [-0.25, -0.2) is 5.84 Å². The monoisotopic (exact) mass is 273 g/mol. The third-order valence-corrected chi connectivity index (χ3v) is 5.75. The summed E-state index contributed by atoms with van der Waals surface area (Å²) in [5.74, 6) is 5.81. The molecule has 0 aromatic heterocycles. The van der Waals surface area contributed by atoms with Crippen LogP contribution in [0.25, 0.3) is 0 Å². The highest BCUT2D eigenvalue weighted by Crippen LogP contribution is 2.34. The van der Waals surface area contributed by atoms with E-state index in [2.05, 4.69) is 19.3 Å². The van der Waals surface area contributed by atoms with Gasteiger partial charge in [-0.1, -0.05) is 6.92 Å². The summed E-state index contributed by atoms with van der Waals surface area (Å²) in [6.07, 6.45) is 0.932. The Hall–Kier alpha value is -0.790. The van der Waals surface area contributed by atoms with E-state index < -0.39 is 0 Å². The van der Waals surface area contributed by atoms with E-state index in [-0.39, 0.29) is 22.7 Å². The number of hydrogen-bond donors (Lipinski definition) is 3. The Morgan fingerprint density at radius 1 is 1.72 bits per heavy atom. The van der Waals surface area contributed by atoms with Gasteiger partial charge in [0.2, 0.25) is 5.91 Å². The Morgan fingerprint density at radius 2 is 2.44 bits per heavy atom. The van der Waals surface area contributed by atoms with E-state index in [9.17, 15) is 9.59 Å². The van der Waals surface area contributed by atoms with E-state index in [0.717, 1.165) is 19.5 Å². The molecule has 0 aromatic carbocycles. The van der Waals surface area contributed by atoms with Crippen LogP contribution in [0, 0.1) is 0 Å². The lowest BCUT2D eigenvalue weighted by Gasteiger charge is -2.48. The predicted molar refractivity (Wildman–Crippen MR) is 69.7 cm³/mol. The molecule has 0 aromatic rings. The molecule has 2 heterocycles. The third-order valence-electron chi connectivity index (χ3n) is 4.24. The Bertz CT molecular complexity index is 365. The Labute approximate surface area is 111 Å². The van der Waals surface area contributed by atoms with Gasteiger partial charge in [-0.3, -0.25) is 15.0 Å². The van der Waals surface area contributed by atoms with Crippen LogP contribution in [0.15, 0.2) is 0 Å². The number of hydrazine groups is 1. The highest BCUT2D eigenvalue weighted by Gasteiger charge is 2.53. The van der Waals surface area contributed by atoms with Crippen molar-refractivity contribution in [3.05, 3.63) is 0 Å². The molecule has 18 heavy (non-hydrogen) atoms. The zero-order chi connectivity index (χ0) is 13.3. The van der Waals surface area contributed by atoms with Gasteiger partial charge in [-0.15, -0.1) is 11.8 Å². The van der Waals surface area contributed by atoms with Crippen LogP contribution in [0.2, 0.25) is 0 Å². The molecule has 0 radical (unpaired) electrons. The van der Waals surface area contributed by atoms with Crippen LogP contribution in [-0.4, -0.2) is 53.0 Å². The van der Waals surface area contributed by atoms with Crippen LogP contribution in [-0.2, 0) is 9.59 Å². The quantitative estimate of drug-likeness (QED) is 0.314. The minimum absolute atomic E-state index is 0.0818. The first-order valence-electron chi connectivity index (χ1n) is 6.28. The van der Waals surface area contributed by atoms with Crippen LogP contribution in [0.5, 0.6) is 0 Å². The summed E-state index contributed by atoms with van der Waals surface area (Å²) in [7, 11) is 0. The second-order valence-electron chi connectivity index (χ2n) is 5.12.